The molecule has 0 unspecified atom stereocenters. The molecule has 1 heterocycles. The van der Waals surface area contributed by atoms with Crippen LogP contribution in [-0.4, -0.2) is 43.6 Å². The molecule has 7 nitrogen and oxygen atoms in total. The minimum Gasteiger partial charge on any atom is -0.363 e. The number of anilines is 2. The second-order valence-electron chi connectivity index (χ2n) is 4.26. The van der Waals surface area contributed by atoms with Gasteiger partial charge in [-0.1, -0.05) is 29.2 Å². The highest BCUT2D eigenvalue weighted by Gasteiger charge is 2.10. The molecule has 118 valence electrons. The van der Waals surface area contributed by atoms with E-state index in [9.17, 15) is 13.2 Å². The van der Waals surface area contributed by atoms with Crippen LogP contribution in [0.2, 0.25) is 0 Å². The molecule has 22 heavy (non-hydrogen) atoms. The number of nitrogens with one attached hydrogen (secondary N) is 2. The smallest absolute Gasteiger partial charge is 0.234 e. The fraction of sp³-hybridized carbons (Fsp3) is 0.250. The first-order valence-electron chi connectivity index (χ1n) is 6.12. The van der Waals surface area contributed by atoms with Crippen molar-refractivity contribution in [1.29, 1.82) is 0 Å². The normalized spacial score (nSPS) is 11.2. The first-order chi connectivity index (χ1) is 10.4. The number of thioether (sulfide) groups is 1. The van der Waals surface area contributed by atoms with Crippen LogP contribution in [0.25, 0.3) is 0 Å². The van der Waals surface area contributed by atoms with Crippen LogP contribution < -0.4 is 10.6 Å². The van der Waals surface area contributed by atoms with Gasteiger partial charge in [-0.15, -0.1) is 10.2 Å². The molecule has 2 aromatic rings. The van der Waals surface area contributed by atoms with Gasteiger partial charge in [-0.25, -0.2) is 8.42 Å². The van der Waals surface area contributed by atoms with E-state index in [1.165, 1.54) is 35.2 Å². The number of carbonyl (C=O) groups is 1. The maximum atomic E-state index is 11.9. The Labute approximate surface area is 136 Å². The summed E-state index contributed by atoms with van der Waals surface area (Å²) < 4.78 is 23.6. The van der Waals surface area contributed by atoms with Crippen molar-refractivity contribution in [3.05, 3.63) is 24.3 Å². The van der Waals surface area contributed by atoms with E-state index in [0.29, 0.717) is 15.2 Å². The largest absolute Gasteiger partial charge is 0.363 e. The van der Waals surface area contributed by atoms with E-state index in [1.54, 1.807) is 19.2 Å². The summed E-state index contributed by atoms with van der Waals surface area (Å²) in [6.07, 6.45) is 1.12. The molecule has 0 bridgehead atoms. The van der Waals surface area contributed by atoms with Crippen LogP contribution in [0.3, 0.4) is 0 Å². The molecule has 1 amide bonds. The monoisotopic (exact) mass is 358 g/mol. The average Bonchev–Trinajstić information content (AvgIpc) is 2.92. The quantitative estimate of drug-likeness (QED) is 0.758. The Morgan fingerprint density at radius 2 is 2.14 bits per heavy atom. The molecule has 2 N–H and O–H groups in total. The Morgan fingerprint density at radius 1 is 1.36 bits per heavy atom. The number of sulfone groups is 1. The van der Waals surface area contributed by atoms with E-state index in [0.717, 1.165) is 6.26 Å². The summed E-state index contributed by atoms with van der Waals surface area (Å²) in [5.74, 6) is -0.0709. The number of amides is 1. The maximum absolute atomic E-state index is 11.9. The van der Waals surface area contributed by atoms with Crippen molar-refractivity contribution < 1.29 is 13.2 Å². The summed E-state index contributed by atoms with van der Waals surface area (Å²) in [5, 5.41) is 14.0. The van der Waals surface area contributed by atoms with Crippen LogP contribution >= 0.6 is 23.1 Å². The van der Waals surface area contributed by atoms with Gasteiger partial charge in [0, 0.05) is 19.0 Å². The van der Waals surface area contributed by atoms with Gasteiger partial charge in [-0.3, -0.25) is 4.79 Å². The zero-order chi connectivity index (χ0) is 16.2. The summed E-state index contributed by atoms with van der Waals surface area (Å²) in [4.78, 5) is 12.0. The van der Waals surface area contributed by atoms with E-state index in [2.05, 4.69) is 20.8 Å². The third kappa shape index (κ3) is 4.68. The number of benzene rings is 1. The van der Waals surface area contributed by atoms with Gasteiger partial charge in [-0.05, 0) is 18.2 Å². The fourth-order valence-corrected chi connectivity index (χ4v) is 3.67. The van der Waals surface area contributed by atoms with Crippen LogP contribution in [0.1, 0.15) is 0 Å². The Bertz CT molecular complexity index is 773. The van der Waals surface area contributed by atoms with Crippen molar-refractivity contribution in [3.8, 4) is 0 Å². The second kappa shape index (κ2) is 7.07. The molecule has 0 aliphatic heterocycles. The number of hydrogen-bond donors (Lipinski definition) is 2. The topological polar surface area (TPSA) is 101 Å². The molecule has 2 rings (SSSR count). The van der Waals surface area contributed by atoms with Crippen molar-refractivity contribution in [2.45, 2.75) is 9.24 Å². The molecule has 1 aromatic carbocycles. The van der Waals surface area contributed by atoms with Crippen molar-refractivity contribution in [1.82, 2.24) is 10.2 Å². The minimum atomic E-state index is -3.30. The van der Waals surface area contributed by atoms with Gasteiger partial charge in [0.1, 0.15) is 0 Å². The molecule has 0 radical (unpaired) electrons. The Balaban J connectivity index is 1.94. The summed E-state index contributed by atoms with van der Waals surface area (Å²) in [7, 11) is -1.55. The number of aromatic nitrogens is 2. The highest BCUT2D eigenvalue weighted by atomic mass is 32.2. The molecule has 0 spiro atoms. The van der Waals surface area contributed by atoms with Crippen LogP contribution in [0.15, 0.2) is 33.5 Å². The highest BCUT2D eigenvalue weighted by molar-refractivity contribution is 8.01. The molecule has 0 aliphatic carbocycles. The molecule has 0 saturated carbocycles. The molecule has 0 aliphatic rings. The standard InChI is InChI=1S/C12H14N4O3S3/c1-13-11-15-16-12(21-11)20-7-10(17)14-8-4-3-5-9(6-8)22(2,18)19/h3-6H,7H2,1-2H3,(H,13,15)(H,14,17). The van der Waals surface area contributed by atoms with Gasteiger partial charge in [0.25, 0.3) is 0 Å². The van der Waals surface area contributed by atoms with Gasteiger partial charge in [0.15, 0.2) is 14.2 Å². The number of rotatable bonds is 6. The third-order valence-electron chi connectivity index (χ3n) is 2.49. The molecule has 0 fully saturated rings. The molecular weight excluding hydrogens is 344 g/mol. The van der Waals surface area contributed by atoms with Crippen LogP contribution in [0.4, 0.5) is 10.8 Å². The van der Waals surface area contributed by atoms with Crippen LogP contribution in [-0.2, 0) is 14.6 Å². The van der Waals surface area contributed by atoms with E-state index in [4.69, 9.17) is 0 Å². The van der Waals surface area contributed by atoms with Crippen molar-refractivity contribution in [2.75, 3.05) is 29.7 Å². The predicted octanol–water partition coefficient (Wildman–Crippen LogP) is 1.71. The van der Waals surface area contributed by atoms with E-state index in [1.807, 2.05) is 0 Å². The molecule has 1 aromatic heterocycles. The second-order valence-corrected chi connectivity index (χ2v) is 8.48. The van der Waals surface area contributed by atoms with E-state index in [-0.39, 0.29) is 16.6 Å². The summed E-state index contributed by atoms with van der Waals surface area (Å²) in [5.41, 5.74) is 0.446. The van der Waals surface area contributed by atoms with Gasteiger partial charge in [0.2, 0.25) is 11.0 Å². The predicted molar refractivity (Wildman–Crippen MR) is 88.4 cm³/mol. The van der Waals surface area contributed by atoms with Crippen molar-refractivity contribution >= 4 is 49.7 Å². The highest BCUT2D eigenvalue weighted by Crippen LogP contribution is 2.25. The Kier molecular flexibility index (Phi) is 5.37. The zero-order valence-corrected chi connectivity index (χ0v) is 14.3. The third-order valence-corrected chi connectivity index (χ3v) is 5.68. The van der Waals surface area contributed by atoms with Crippen LogP contribution in [0, 0.1) is 0 Å². The maximum Gasteiger partial charge on any atom is 0.234 e. The van der Waals surface area contributed by atoms with Gasteiger partial charge < -0.3 is 10.6 Å². The lowest BCUT2D eigenvalue weighted by molar-refractivity contribution is -0.113. The lowest BCUT2D eigenvalue weighted by atomic mass is 10.3. The lowest BCUT2D eigenvalue weighted by Crippen LogP contribution is -2.14. The van der Waals surface area contributed by atoms with E-state index >= 15 is 0 Å². The SMILES string of the molecule is CNc1nnc(SCC(=O)Nc2cccc(S(C)(=O)=O)c2)s1. The lowest BCUT2D eigenvalue weighted by Gasteiger charge is -2.06. The average molecular weight is 358 g/mol. The molecular formula is C12H14N4O3S3. The van der Waals surface area contributed by atoms with Gasteiger partial charge in [-0.2, -0.15) is 0 Å². The molecule has 0 atom stereocenters. The molecule has 10 heteroatoms. The minimum absolute atomic E-state index is 0.167. The van der Waals surface area contributed by atoms with Crippen LogP contribution in [0.5, 0.6) is 0 Å². The first kappa shape index (κ1) is 16.7. The van der Waals surface area contributed by atoms with Crippen molar-refractivity contribution in [2.24, 2.45) is 0 Å². The van der Waals surface area contributed by atoms with Gasteiger partial charge in [0.05, 0.1) is 10.6 Å². The number of hydrogen-bond acceptors (Lipinski definition) is 8. The van der Waals surface area contributed by atoms with Crippen molar-refractivity contribution in [3.63, 3.8) is 0 Å². The molecule has 0 saturated heterocycles. The number of carbonyl (C=O) groups excluding carboxylic acids is 1. The van der Waals surface area contributed by atoms with E-state index < -0.39 is 9.84 Å². The number of nitrogens with zero attached hydrogens (tertiary/aromatic N) is 2. The van der Waals surface area contributed by atoms with Gasteiger partial charge >= 0.3 is 0 Å². The summed E-state index contributed by atoms with van der Waals surface area (Å²) in [6.45, 7) is 0. The zero-order valence-electron chi connectivity index (χ0n) is 11.9. The first-order valence-corrected chi connectivity index (χ1v) is 9.82. The Morgan fingerprint density at radius 3 is 2.77 bits per heavy atom. The Hall–Kier alpha value is -1.65. The summed E-state index contributed by atoms with van der Waals surface area (Å²) >= 11 is 2.63. The fourth-order valence-electron chi connectivity index (χ4n) is 1.50. The summed E-state index contributed by atoms with van der Waals surface area (Å²) in [6, 6.07) is 6.15.